The van der Waals surface area contributed by atoms with Crippen LogP contribution in [0.5, 0.6) is 0 Å². The Kier molecular flexibility index (Phi) is 3.39. The van der Waals surface area contributed by atoms with Crippen molar-refractivity contribution in [1.82, 2.24) is 19.4 Å². The third-order valence-electron chi connectivity index (χ3n) is 4.46. The molecule has 1 unspecified atom stereocenters. The molecule has 0 saturated carbocycles. The molecule has 1 fully saturated rings. The van der Waals surface area contributed by atoms with E-state index in [1.165, 1.54) is 13.0 Å². The average Bonchev–Trinajstić information content (AvgIpc) is 3.11. The summed E-state index contributed by atoms with van der Waals surface area (Å²) in [6.45, 7) is 2.35. The van der Waals surface area contributed by atoms with E-state index in [9.17, 15) is 0 Å². The summed E-state index contributed by atoms with van der Waals surface area (Å²) in [5, 5.41) is 0. The van der Waals surface area contributed by atoms with Crippen molar-refractivity contribution in [3.63, 3.8) is 0 Å². The lowest BCUT2D eigenvalue weighted by atomic mass is 10.0. The first kappa shape index (κ1) is 13.5. The molecule has 2 aromatic heterocycles. The highest BCUT2D eigenvalue weighted by atomic mass is 15.1. The van der Waals surface area contributed by atoms with Crippen LogP contribution >= 0.6 is 0 Å². The van der Waals surface area contributed by atoms with Gasteiger partial charge in [-0.25, -0.2) is 9.97 Å². The molecule has 1 aromatic carbocycles. The standard InChI is InChI=1S/C18H20N4/c1-21-11-9-14(13-21)12-17-20-16-8-5-10-19-18(16)22(17)15-6-3-2-4-7-15/h2-8,10,14H,9,11-13H2,1H3. The van der Waals surface area contributed by atoms with Gasteiger partial charge in [0.25, 0.3) is 0 Å². The van der Waals surface area contributed by atoms with E-state index in [1.807, 2.05) is 24.4 Å². The molecule has 22 heavy (non-hydrogen) atoms. The quantitative estimate of drug-likeness (QED) is 0.744. The molecular weight excluding hydrogens is 272 g/mol. The summed E-state index contributed by atoms with van der Waals surface area (Å²) in [4.78, 5) is 11.8. The van der Waals surface area contributed by atoms with E-state index >= 15 is 0 Å². The van der Waals surface area contributed by atoms with Crippen LogP contribution in [-0.2, 0) is 6.42 Å². The number of aromatic nitrogens is 3. The molecule has 0 radical (unpaired) electrons. The minimum atomic E-state index is 0.685. The van der Waals surface area contributed by atoms with Crippen molar-refractivity contribution < 1.29 is 0 Å². The first-order valence-electron chi connectivity index (χ1n) is 7.87. The van der Waals surface area contributed by atoms with Crippen LogP contribution in [-0.4, -0.2) is 39.6 Å². The number of rotatable bonds is 3. The van der Waals surface area contributed by atoms with Crippen molar-refractivity contribution in [3.05, 3.63) is 54.5 Å². The fraction of sp³-hybridized carbons (Fsp3) is 0.333. The molecule has 1 aliphatic rings. The van der Waals surface area contributed by atoms with Crippen LogP contribution < -0.4 is 0 Å². The Bertz CT molecular complexity index is 778. The number of imidazole rings is 1. The van der Waals surface area contributed by atoms with Gasteiger partial charge in [-0.2, -0.15) is 0 Å². The van der Waals surface area contributed by atoms with Gasteiger partial charge in [0, 0.05) is 24.8 Å². The van der Waals surface area contributed by atoms with Crippen molar-refractivity contribution in [2.45, 2.75) is 12.8 Å². The van der Waals surface area contributed by atoms with Crippen molar-refractivity contribution in [2.24, 2.45) is 5.92 Å². The average molecular weight is 292 g/mol. The topological polar surface area (TPSA) is 34.0 Å². The van der Waals surface area contributed by atoms with Crippen LogP contribution in [0.2, 0.25) is 0 Å². The summed E-state index contributed by atoms with van der Waals surface area (Å²) in [6.07, 6.45) is 4.11. The first-order chi connectivity index (χ1) is 10.8. The second-order valence-electron chi connectivity index (χ2n) is 6.17. The fourth-order valence-corrected chi connectivity index (χ4v) is 3.40. The third-order valence-corrected chi connectivity index (χ3v) is 4.46. The van der Waals surface area contributed by atoms with E-state index in [0.717, 1.165) is 35.6 Å². The molecule has 0 amide bonds. The SMILES string of the molecule is CN1CCC(Cc2nc3cccnc3n2-c2ccccc2)C1. The van der Waals surface area contributed by atoms with Crippen LogP contribution in [0.15, 0.2) is 48.7 Å². The Morgan fingerprint density at radius 2 is 2.00 bits per heavy atom. The van der Waals surface area contributed by atoms with Crippen LogP contribution in [0, 0.1) is 5.92 Å². The van der Waals surface area contributed by atoms with Gasteiger partial charge in [0.2, 0.25) is 0 Å². The van der Waals surface area contributed by atoms with Crippen LogP contribution in [0.4, 0.5) is 0 Å². The van der Waals surface area contributed by atoms with Gasteiger partial charge in [0.15, 0.2) is 5.65 Å². The van der Waals surface area contributed by atoms with Gasteiger partial charge < -0.3 is 4.90 Å². The molecule has 1 saturated heterocycles. The lowest BCUT2D eigenvalue weighted by molar-refractivity contribution is 0.392. The van der Waals surface area contributed by atoms with Crippen LogP contribution in [0.3, 0.4) is 0 Å². The number of likely N-dealkylation sites (tertiary alicyclic amines) is 1. The molecule has 0 aliphatic carbocycles. The summed E-state index contributed by atoms with van der Waals surface area (Å²) in [5.41, 5.74) is 3.08. The number of pyridine rings is 1. The third kappa shape index (κ3) is 2.40. The second-order valence-corrected chi connectivity index (χ2v) is 6.17. The zero-order chi connectivity index (χ0) is 14.9. The maximum atomic E-state index is 4.86. The Labute approximate surface area is 130 Å². The molecule has 1 atom stereocenters. The number of fused-ring (bicyclic) bond motifs is 1. The predicted molar refractivity (Wildman–Crippen MR) is 88.2 cm³/mol. The van der Waals surface area contributed by atoms with Gasteiger partial charge in [-0.1, -0.05) is 18.2 Å². The van der Waals surface area contributed by atoms with Gasteiger partial charge in [-0.05, 0) is 50.2 Å². The molecule has 0 spiro atoms. The van der Waals surface area contributed by atoms with E-state index in [0.29, 0.717) is 5.92 Å². The van der Waals surface area contributed by atoms with E-state index in [1.54, 1.807) is 0 Å². The monoisotopic (exact) mass is 292 g/mol. The van der Waals surface area contributed by atoms with Crippen molar-refractivity contribution in [1.29, 1.82) is 0 Å². The fourth-order valence-electron chi connectivity index (χ4n) is 3.40. The number of nitrogens with zero attached hydrogens (tertiary/aromatic N) is 4. The Balaban J connectivity index is 1.80. The molecule has 112 valence electrons. The highest BCUT2D eigenvalue weighted by molar-refractivity contribution is 5.73. The van der Waals surface area contributed by atoms with Gasteiger partial charge in [0.05, 0.1) is 0 Å². The van der Waals surface area contributed by atoms with Crippen LogP contribution in [0.25, 0.3) is 16.9 Å². The van der Waals surface area contributed by atoms with Crippen molar-refractivity contribution in [3.8, 4) is 5.69 Å². The number of hydrogen-bond donors (Lipinski definition) is 0. The van der Waals surface area contributed by atoms with E-state index < -0.39 is 0 Å². The van der Waals surface area contributed by atoms with E-state index in [4.69, 9.17) is 4.98 Å². The van der Waals surface area contributed by atoms with Gasteiger partial charge in [-0.15, -0.1) is 0 Å². The van der Waals surface area contributed by atoms with Gasteiger partial charge >= 0.3 is 0 Å². The number of para-hydroxylation sites is 1. The molecular formula is C18H20N4. The van der Waals surface area contributed by atoms with Crippen molar-refractivity contribution >= 4 is 11.2 Å². The molecule has 3 heterocycles. The number of hydrogen-bond acceptors (Lipinski definition) is 3. The zero-order valence-corrected chi connectivity index (χ0v) is 12.8. The zero-order valence-electron chi connectivity index (χ0n) is 12.8. The molecule has 3 aromatic rings. The normalized spacial score (nSPS) is 19.0. The summed E-state index contributed by atoms with van der Waals surface area (Å²) in [6, 6.07) is 14.4. The summed E-state index contributed by atoms with van der Waals surface area (Å²) in [7, 11) is 2.20. The highest BCUT2D eigenvalue weighted by Crippen LogP contribution is 2.24. The Morgan fingerprint density at radius 1 is 1.14 bits per heavy atom. The Hall–Kier alpha value is -2.20. The maximum absolute atomic E-state index is 4.86. The number of benzene rings is 1. The molecule has 4 nitrogen and oxygen atoms in total. The highest BCUT2D eigenvalue weighted by Gasteiger charge is 2.23. The second kappa shape index (κ2) is 5.54. The molecule has 0 bridgehead atoms. The van der Waals surface area contributed by atoms with E-state index in [-0.39, 0.29) is 0 Å². The largest absolute Gasteiger partial charge is 0.306 e. The lowest BCUT2D eigenvalue weighted by Crippen LogP contribution is -2.16. The summed E-state index contributed by atoms with van der Waals surface area (Å²) in [5.74, 6) is 1.81. The minimum absolute atomic E-state index is 0.685. The van der Waals surface area contributed by atoms with E-state index in [2.05, 4.69) is 45.8 Å². The molecule has 0 N–H and O–H groups in total. The Morgan fingerprint density at radius 3 is 2.77 bits per heavy atom. The summed E-state index contributed by atoms with van der Waals surface area (Å²) >= 11 is 0. The predicted octanol–water partition coefficient (Wildman–Crippen LogP) is 2.91. The van der Waals surface area contributed by atoms with Gasteiger partial charge in [-0.3, -0.25) is 4.57 Å². The van der Waals surface area contributed by atoms with Crippen LogP contribution in [0.1, 0.15) is 12.2 Å². The minimum Gasteiger partial charge on any atom is -0.306 e. The maximum Gasteiger partial charge on any atom is 0.164 e. The molecule has 4 heteroatoms. The first-order valence-corrected chi connectivity index (χ1v) is 7.87. The van der Waals surface area contributed by atoms with Crippen molar-refractivity contribution in [2.75, 3.05) is 20.1 Å². The lowest BCUT2D eigenvalue weighted by Gasteiger charge is -2.12. The smallest absolute Gasteiger partial charge is 0.164 e. The van der Waals surface area contributed by atoms with Gasteiger partial charge in [0.1, 0.15) is 11.3 Å². The summed E-state index contributed by atoms with van der Waals surface area (Å²) < 4.78 is 2.22. The molecule has 4 rings (SSSR count). The molecule has 1 aliphatic heterocycles.